The number of benzene rings is 4. The normalized spacial score (nSPS) is 11.8. The Labute approximate surface area is 178 Å². The predicted molar refractivity (Wildman–Crippen MR) is 118 cm³/mol. The molecule has 0 aliphatic rings. The lowest BCUT2D eigenvalue weighted by Gasteiger charge is -2.23. The highest BCUT2D eigenvalue weighted by Gasteiger charge is 2.33. The van der Waals surface area contributed by atoms with E-state index in [9.17, 15) is 17.7 Å². The van der Waals surface area contributed by atoms with Crippen molar-refractivity contribution in [2.45, 2.75) is 6.36 Å². The van der Waals surface area contributed by atoms with Crippen LogP contribution in [-0.4, -0.2) is 6.36 Å². The second-order valence-corrected chi connectivity index (χ2v) is 9.60. The number of hydrogen-bond acceptors (Lipinski definition) is 2. The number of hydrogen-bond donors (Lipinski definition) is 0. The van der Waals surface area contributed by atoms with Crippen molar-refractivity contribution in [2.75, 3.05) is 0 Å². The fourth-order valence-corrected chi connectivity index (χ4v) is 6.41. The molecule has 0 saturated heterocycles. The molecular formula is C25H18F3O2P. The summed E-state index contributed by atoms with van der Waals surface area (Å²) in [5, 5.41) is 1.99. The van der Waals surface area contributed by atoms with Crippen molar-refractivity contribution in [1.29, 1.82) is 0 Å². The average molecular weight is 438 g/mol. The summed E-state index contributed by atoms with van der Waals surface area (Å²) in [4.78, 5) is 0. The molecule has 0 amide bonds. The highest BCUT2D eigenvalue weighted by atomic mass is 31.2. The van der Waals surface area contributed by atoms with Crippen molar-refractivity contribution in [3.05, 3.63) is 109 Å². The van der Waals surface area contributed by atoms with E-state index in [1.54, 1.807) is 12.1 Å². The highest BCUT2D eigenvalue weighted by molar-refractivity contribution is 7.85. The molecule has 0 atom stereocenters. The Morgan fingerprint density at radius 1 is 0.613 bits per heavy atom. The van der Waals surface area contributed by atoms with Crippen LogP contribution in [0, 0.1) is 0 Å². The van der Waals surface area contributed by atoms with Gasteiger partial charge in [-0.25, -0.2) is 0 Å². The summed E-state index contributed by atoms with van der Waals surface area (Å²) in [5.41, 5.74) is 1.34. The van der Waals surface area contributed by atoms with E-state index in [2.05, 4.69) is 4.74 Å². The predicted octanol–water partition coefficient (Wildman–Crippen LogP) is 5.89. The Balaban J connectivity index is 1.87. The number of ether oxygens (including phenoxy) is 1. The Kier molecular flexibility index (Phi) is 5.71. The van der Waals surface area contributed by atoms with Gasteiger partial charge in [0.05, 0.1) is 0 Å². The molecular weight excluding hydrogens is 420 g/mol. The first kappa shape index (κ1) is 21.0. The van der Waals surface area contributed by atoms with Crippen molar-refractivity contribution in [1.82, 2.24) is 0 Å². The minimum absolute atomic E-state index is 0.303. The van der Waals surface area contributed by atoms with E-state index >= 15 is 0 Å². The van der Waals surface area contributed by atoms with Gasteiger partial charge in [0.2, 0.25) is 0 Å². The number of halogens is 3. The largest absolute Gasteiger partial charge is 0.573 e. The molecule has 4 rings (SSSR count). The molecule has 0 aliphatic carbocycles. The van der Waals surface area contributed by atoms with Crippen LogP contribution in [0.3, 0.4) is 0 Å². The van der Waals surface area contributed by atoms with E-state index in [4.69, 9.17) is 0 Å². The zero-order valence-corrected chi connectivity index (χ0v) is 17.2. The Bertz CT molecular complexity index is 1160. The lowest BCUT2D eigenvalue weighted by molar-refractivity contribution is -0.274. The first-order chi connectivity index (χ1) is 14.9. The summed E-state index contributed by atoms with van der Waals surface area (Å²) in [7, 11) is -3.24. The molecule has 31 heavy (non-hydrogen) atoms. The molecule has 0 aliphatic heterocycles. The molecule has 4 aromatic rings. The van der Waals surface area contributed by atoms with E-state index in [1.165, 1.54) is 12.1 Å². The monoisotopic (exact) mass is 438 g/mol. The molecule has 0 N–H and O–H groups in total. The minimum atomic E-state index is -4.75. The Hall–Kier alpha value is -3.30. The van der Waals surface area contributed by atoms with Crippen LogP contribution < -0.4 is 20.7 Å². The van der Waals surface area contributed by atoms with Gasteiger partial charge >= 0.3 is 6.36 Å². The summed E-state index contributed by atoms with van der Waals surface area (Å²) >= 11 is 0. The van der Waals surface area contributed by atoms with E-state index in [0.29, 0.717) is 27.0 Å². The molecule has 156 valence electrons. The lowest BCUT2D eigenvalue weighted by Crippen LogP contribution is -2.26. The van der Waals surface area contributed by atoms with Crippen molar-refractivity contribution in [2.24, 2.45) is 0 Å². The molecule has 2 nitrogen and oxygen atoms in total. The van der Waals surface area contributed by atoms with Gasteiger partial charge in [-0.1, -0.05) is 97.1 Å². The molecule has 0 fully saturated rings. The average Bonchev–Trinajstić information content (AvgIpc) is 2.79. The third-order valence-corrected chi connectivity index (χ3v) is 8.00. The maximum Gasteiger partial charge on any atom is 0.573 e. The highest BCUT2D eigenvalue weighted by Crippen LogP contribution is 2.45. The van der Waals surface area contributed by atoms with Crippen LogP contribution in [-0.2, 0) is 4.57 Å². The van der Waals surface area contributed by atoms with Gasteiger partial charge in [-0.3, -0.25) is 0 Å². The molecule has 4 aromatic carbocycles. The van der Waals surface area contributed by atoms with Gasteiger partial charge in [0, 0.05) is 15.9 Å². The Morgan fingerprint density at radius 3 is 1.61 bits per heavy atom. The van der Waals surface area contributed by atoms with Gasteiger partial charge in [0.25, 0.3) is 0 Å². The number of rotatable bonds is 5. The molecule has 0 unspecified atom stereocenters. The third kappa shape index (κ3) is 4.42. The van der Waals surface area contributed by atoms with E-state index in [1.807, 2.05) is 84.9 Å². The van der Waals surface area contributed by atoms with Gasteiger partial charge in [-0.05, 0) is 23.3 Å². The standard InChI is InChI=1S/C25H18F3O2P/c26-25(27,28)30-20-17-15-19(16-18-20)23-13-7-8-14-24(23)31(29,21-9-3-1-4-10-21)22-11-5-2-6-12-22/h1-18H. The van der Waals surface area contributed by atoms with Crippen molar-refractivity contribution in [3.8, 4) is 16.9 Å². The van der Waals surface area contributed by atoms with Crippen LogP contribution in [0.15, 0.2) is 109 Å². The number of alkyl halides is 3. The third-order valence-electron chi connectivity index (χ3n) is 4.88. The molecule has 0 spiro atoms. The Morgan fingerprint density at radius 2 is 1.10 bits per heavy atom. The second-order valence-electron chi connectivity index (χ2n) is 6.87. The molecule has 0 radical (unpaired) electrons. The molecule has 0 saturated carbocycles. The molecule has 0 bridgehead atoms. The summed E-state index contributed by atoms with van der Waals surface area (Å²) in [6.45, 7) is 0. The van der Waals surface area contributed by atoms with Crippen molar-refractivity contribution in [3.63, 3.8) is 0 Å². The van der Waals surface area contributed by atoms with Gasteiger partial charge < -0.3 is 9.30 Å². The van der Waals surface area contributed by atoms with Crippen LogP contribution in [0.2, 0.25) is 0 Å². The van der Waals surface area contributed by atoms with Crippen LogP contribution in [0.1, 0.15) is 0 Å². The molecule has 6 heteroatoms. The van der Waals surface area contributed by atoms with Gasteiger partial charge in [-0.2, -0.15) is 0 Å². The zero-order valence-electron chi connectivity index (χ0n) is 16.3. The fraction of sp³-hybridized carbons (Fsp3) is 0.0400. The van der Waals surface area contributed by atoms with Crippen LogP contribution in [0.4, 0.5) is 13.2 Å². The summed E-state index contributed by atoms with van der Waals surface area (Å²) in [5.74, 6) is -0.303. The maximum absolute atomic E-state index is 14.7. The van der Waals surface area contributed by atoms with Gasteiger partial charge in [-0.15, -0.1) is 13.2 Å². The quantitative estimate of drug-likeness (QED) is 0.363. The van der Waals surface area contributed by atoms with Gasteiger partial charge in [0.15, 0.2) is 7.14 Å². The van der Waals surface area contributed by atoms with E-state index in [0.717, 1.165) is 0 Å². The zero-order chi connectivity index (χ0) is 21.9. The first-order valence-corrected chi connectivity index (χ1v) is 11.3. The van der Waals surface area contributed by atoms with Crippen molar-refractivity contribution < 1.29 is 22.5 Å². The van der Waals surface area contributed by atoms with Crippen molar-refractivity contribution >= 4 is 23.1 Å². The summed E-state index contributed by atoms with van der Waals surface area (Å²) in [6.07, 6.45) is -4.75. The van der Waals surface area contributed by atoms with Gasteiger partial charge in [0.1, 0.15) is 5.75 Å². The van der Waals surface area contributed by atoms with Crippen LogP contribution in [0.5, 0.6) is 5.75 Å². The molecule has 0 aromatic heterocycles. The summed E-state index contributed by atoms with van der Waals surface area (Å²) in [6, 6.07) is 31.3. The fourth-order valence-electron chi connectivity index (χ4n) is 3.53. The second kappa shape index (κ2) is 8.44. The molecule has 0 heterocycles. The van der Waals surface area contributed by atoms with Crippen LogP contribution in [0.25, 0.3) is 11.1 Å². The summed E-state index contributed by atoms with van der Waals surface area (Å²) < 4.78 is 56.2. The lowest BCUT2D eigenvalue weighted by atomic mass is 10.1. The topological polar surface area (TPSA) is 26.3 Å². The SMILES string of the molecule is O=P(c1ccccc1)(c1ccccc1)c1ccccc1-c1ccc(OC(F)(F)F)cc1. The first-order valence-electron chi connectivity index (χ1n) is 9.55. The maximum atomic E-state index is 14.7. The minimum Gasteiger partial charge on any atom is -0.406 e. The smallest absolute Gasteiger partial charge is 0.406 e. The van der Waals surface area contributed by atoms with E-state index in [-0.39, 0.29) is 5.75 Å². The van der Waals surface area contributed by atoms with Crippen LogP contribution >= 0.6 is 7.14 Å². The van der Waals surface area contributed by atoms with E-state index < -0.39 is 13.5 Å².